The van der Waals surface area contributed by atoms with Crippen LogP contribution in [0.3, 0.4) is 0 Å². The van der Waals surface area contributed by atoms with Crippen LogP contribution in [0, 0.1) is 0 Å². The molecule has 4 aromatic heterocycles. The Morgan fingerprint density at radius 1 is 0.489 bits per heavy atom. The van der Waals surface area contributed by atoms with E-state index in [1.165, 1.54) is 36.3 Å². The number of aromatic nitrogens is 5. The molecule has 220 valence electrons. The second kappa shape index (κ2) is 10.2. The first kappa shape index (κ1) is 26.1. The summed E-state index contributed by atoms with van der Waals surface area (Å²) in [5.41, 5.74) is 6.27. The Kier molecular flexibility index (Phi) is 5.68. The van der Waals surface area contributed by atoms with Crippen molar-refractivity contribution in [3.8, 4) is 34.4 Å². The van der Waals surface area contributed by atoms with Crippen molar-refractivity contribution in [1.82, 2.24) is 24.1 Å². The van der Waals surface area contributed by atoms with Crippen molar-refractivity contribution in [1.29, 1.82) is 0 Å². The van der Waals surface area contributed by atoms with Gasteiger partial charge in [-0.1, -0.05) is 127 Å². The molecule has 0 bridgehead atoms. The van der Waals surface area contributed by atoms with Crippen molar-refractivity contribution in [3.05, 3.63) is 152 Å². The van der Waals surface area contributed by atoms with Gasteiger partial charge in [0.1, 0.15) is 5.65 Å². The van der Waals surface area contributed by atoms with Crippen molar-refractivity contribution in [3.63, 3.8) is 0 Å². The number of hydrogen-bond acceptors (Lipinski definition) is 4. The predicted molar refractivity (Wildman–Crippen MR) is 195 cm³/mol. The van der Waals surface area contributed by atoms with Crippen LogP contribution in [0.4, 0.5) is 0 Å². The van der Waals surface area contributed by atoms with Crippen LogP contribution in [-0.2, 0) is 0 Å². The zero-order valence-electron chi connectivity index (χ0n) is 25.1. The molecule has 47 heavy (non-hydrogen) atoms. The van der Waals surface area contributed by atoms with Gasteiger partial charge in [-0.15, -0.1) is 11.3 Å². The fraction of sp³-hybridized carbons (Fsp3) is 0. The summed E-state index contributed by atoms with van der Waals surface area (Å²) in [6.45, 7) is 0. The highest BCUT2D eigenvalue weighted by Gasteiger charge is 2.27. The van der Waals surface area contributed by atoms with Gasteiger partial charge in [-0.05, 0) is 35.0 Å². The van der Waals surface area contributed by atoms with E-state index in [-0.39, 0.29) is 0 Å². The van der Waals surface area contributed by atoms with Gasteiger partial charge in [0.15, 0.2) is 11.6 Å². The van der Waals surface area contributed by atoms with Crippen LogP contribution >= 0.6 is 11.3 Å². The van der Waals surface area contributed by atoms with E-state index >= 15 is 0 Å². The maximum Gasteiger partial charge on any atom is 0.240 e. The van der Waals surface area contributed by atoms with E-state index in [1.807, 2.05) is 47.7 Å². The molecule has 0 aliphatic heterocycles. The molecule has 5 nitrogen and oxygen atoms in total. The predicted octanol–water partition coefficient (Wildman–Crippen LogP) is 10.6. The minimum absolute atomic E-state index is 0.589. The molecule has 0 aliphatic rings. The molecule has 0 fully saturated rings. The van der Waals surface area contributed by atoms with E-state index in [0.717, 1.165) is 33.5 Å². The molecule has 0 atom stereocenters. The average molecular weight is 620 g/mol. The van der Waals surface area contributed by atoms with Crippen LogP contribution in [0.1, 0.15) is 0 Å². The summed E-state index contributed by atoms with van der Waals surface area (Å²) in [6.07, 6.45) is 0. The van der Waals surface area contributed by atoms with Crippen molar-refractivity contribution in [2.45, 2.75) is 0 Å². The summed E-state index contributed by atoms with van der Waals surface area (Å²) in [5, 5.41) is 5.99. The Morgan fingerprint density at radius 2 is 1.11 bits per heavy atom. The zero-order valence-corrected chi connectivity index (χ0v) is 25.9. The molecule has 0 saturated carbocycles. The third kappa shape index (κ3) is 3.98. The smallest absolute Gasteiger partial charge is 0.240 e. The van der Waals surface area contributed by atoms with Gasteiger partial charge in [0.25, 0.3) is 0 Å². The van der Waals surface area contributed by atoms with Crippen LogP contribution < -0.4 is 0 Å². The first-order valence-electron chi connectivity index (χ1n) is 15.6. The van der Waals surface area contributed by atoms with E-state index in [4.69, 9.17) is 15.0 Å². The summed E-state index contributed by atoms with van der Waals surface area (Å²) < 4.78 is 7.11. The third-order valence-electron chi connectivity index (χ3n) is 8.96. The Morgan fingerprint density at radius 3 is 1.85 bits per heavy atom. The molecule has 0 spiro atoms. The molecule has 0 radical (unpaired) electrons. The highest BCUT2D eigenvalue weighted by Crippen LogP contribution is 2.46. The van der Waals surface area contributed by atoms with Gasteiger partial charge in [0, 0.05) is 37.7 Å². The molecule has 0 saturated heterocycles. The van der Waals surface area contributed by atoms with Crippen LogP contribution in [-0.4, -0.2) is 24.1 Å². The Bertz CT molecular complexity index is 2730. The number of fused-ring (bicyclic) bond motifs is 8. The average Bonchev–Trinajstić information content (AvgIpc) is 3.78. The summed E-state index contributed by atoms with van der Waals surface area (Å²) >= 11 is 1.83. The quantitative estimate of drug-likeness (QED) is 0.197. The maximum absolute atomic E-state index is 5.25. The fourth-order valence-electron chi connectivity index (χ4n) is 6.86. The number of benzene rings is 6. The number of para-hydroxylation sites is 1. The van der Waals surface area contributed by atoms with Crippen molar-refractivity contribution < 1.29 is 0 Å². The Labute approximate surface area is 273 Å². The Hall–Kier alpha value is -6.11. The van der Waals surface area contributed by atoms with Gasteiger partial charge in [0.2, 0.25) is 5.95 Å². The minimum Gasteiger partial charge on any atom is -0.295 e. The van der Waals surface area contributed by atoms with E-state index in [9.17, 15) is 0 Å². The molecular formula is C41H25N5S. The first-order valence-corrected chi connectivity index (χ1v) is 16.4. The van der Waals surface area contributed by atoms with Crippen LogP contribution in [0.2, 0.25) is 0 Å². The maximum atomic E-state index is 5.25. The van der Waals surface area contributed by atoms with Gasteiger partial charge in [-0.2, -0.15) is 9.97 Å². The number of rotatable bonds is 4. The molecule has 10 rings (SSSR count). The normalized spacial score (nSPS) is 11.8. The van der Waals surface area contributed by atoms with E-state index in [2.05, 4.69) is 124 Å². The van der Waals surface area contributed by atoms with Crippen LogP contribution in [0.5, 0.6) is 0 Å². The lowest BCUT2D eigenvalue weighted by Crippen LogP contribution is -2.08. The van der Waals surface area contributed by atoms with Gasteiger partial charge in [0.05, 0.1) is 15.7 Å². The molecule has 0 aliphatic carbocycles. The van der Waals surface area contributed by atoms with E-state index in [0.29, 0.717) is 17.6 Å². The lowest BCUT2D eigenvalue weighted by Gasteiger charge is -2.14. The van der Waals surface area contributed by atoms with Crippen molar-refractivity contribution in [2.24, 2.45) is 0 Å². The molecular weight excluding hydrogens is 595 g/mol. The van der Waals surface area contributed by atoms with Gasteiger partial charge < -0.3 is 0 Å². The second-order valence-electron chi connectivity index (χ2n) is 11.7. The van der Waals surface area contributed by atoms with Crippen molar-refractivity contribution >= 4 is 64.3 Å². The van der Waals surface area contributed by atoms with Crippen LogP contribution in [0.25, 0.3) is 87.4 Å². The lowest BCUT2D eigenvalue weighted by atomic mass is 10.1. The number of hydrogen-bond donors (Lipinski definition) is 0. The number of thiophene rings is 1. The van der Waals surface area contributed by atoms with Gasteiger partial charge >= 0.3 is 0 Å². The SMILES string of the molecule is c1ccc(-c2nc(-c3ccccc3)nc(-n3c4c5ccccc5sc4c4c5ccccc5n(-c5ccc6ccccc6c5)c43)n2)cc1. The van der Waals surface area contributed by atoms with E-state index < -0.39 is 0 Å². The molecule has 4 heterocycles. The van der Waals surface area contributed by atoms with Crippen LogP contribution in [0.15, 0.2) is 152 Å². The molecule has 6 heteroatoms. The van der Waals surface area contributed by atoms with Crippen molar-refractivity contribution in [2.75, 3.05) is 0 Å². The molecule has 0 amide bonds. The zero-order chi connectivity index (χ0) is 30.9. The van der Waals surface area contributed by atoms with E-state index in [1.54, 1.807) is 0 Å². The molecule has 0 N–H and O–H groups in total. The Balaban J connectivity index is 1.40. The summed E-state index contributed by atoms with van der Waals surface area (Å²) in [6, 6.07) is 52.9. The number of nitrogens with zero attached hydrogens (tertiary/aromatic N) is 5. The standard InChI is InChI=1S/C41H25N5S/c1-3-14-27(15-4-1)38-42-39(28-16-5-2-6-17-28)44-41(43-38)46-36-32-20-10-12-22-34(32)47-37(36)35-31-19-9-11-21-33(31)45(40(35)46)30-24-23-26-13-7-8-18-29(26)25-30/h1-25H. The largest absolute Gasteiger partial charge is 0.295 e. The monoisotopic (exact) mass is 619 g/mol. The highest BCUT2D eigenvalue weighted by molar-refractivity contribution is 7.26. The molecule has 10 aromatic rings. The molecule has 0 unspecified atom stereocenters. The first-order chi connectivity index (χ1) is 23.3. The summed E-state index contributed by atoms with van der Waals surface area (Å²) in [5.74, 6) is 1.86. The van der Waals surface area contributed by atoms with Gasteiger partial charge in [-0.25, -0.2) is 4.98 Å². The fourth-order valence-corrected chi connectivity index (χ4v) is 8.10. The summed E-state index contributed by atoms with van der Waals surface area (Å²) in [4.78, 5) is 15.5. The second-order valence-corrected chi connectivity index (χ2v) is 12.8. The third-order valence-corrected chi connectivity index (χ3v) is 10.1. The topological polar surface area (TPSA) is 48.5 Å². The summed E-state index contributed by atoms with van der Waals surface area (Å²) in [7, 11) is 0. The lowest BCUT2D eigenvalue weighted by molar-refractivity contribution is 0.935. The minimum atomic E-state index is 0.589. The molecule has 6 aromatic carbocycles. The van der Waals surface area contributed by atoms with Gasteiger partial charge in [-0.3, -0.25) is 9.13 Å². The highest BCUT2D eigenvalue weighted by atomic mass is 32.1.